The molecule has 1 aliphatic rings. The third kappa shape index (κ3) is 4.02. The summed E-state index contributed by atoms with van der Waals surface area (Å²) < 4.78 is 28.0. The summed E-state index contributed by atoms with van der Waals surface area (Å²) >= 11 is 3.25. The van der Waals surface area contributed by atoms with E-state index in [2.05, 4.69) is 15.9 Å². The minimum absolute atomic E-state index is 0.0975. The number of phenolic OH excluding ortho intramolecular Hbond substituents is 1. The fourth-order valence-electron chi connectivity index (χ4n) is 3.22. The quantitative estimate of drug-likeness (QED) is 0.776. The zero-order valence-electron chi connectivity index (χ0n) is 15.1. The van der Waals surface area contributed by atoms with Crippen LogP contribution in [0, 0.1) is 13.8 Å². The van der Waals surface area contributed by atoms with E-state index in [1.54, 1.807) is 36.1 Å². The van der Waals surface area contributed by atoms with Crippen molar-refractivity contribution < 1.29 is 18.3 Å². The Bertz CT molecular complexity index is 983. The molecule has 1 N–H and O–H groups in total. The van der Waals surface area contributed by atoms with E-state index in [1.807, 2.05) is 13.0 Å². The Morgan fingerprint density at radius 2 is 1.70 bits per heavy atom. The van der Waals surface area contributed by atoms with Gasteiger partial charge in [0.1, 0.15) is 5.75 Å². The molecule has 1 aliphatic heterocycles. The van der Waals surface area contributed by atoms with Gasteiger partial charge in [-0.1, -0.05) is 33.6 Å². The molecule has 1 saturated heterocycles. The number of benzene rings is 2. The maximum Gasteiger partial charge on any atom is 0.257 e. The van der Waals surface area contributed by atoms with Crippen LogP contribution in [0.2, 0.25) is 0 Å². The molecule has 3 rings (SSSR count). The lowest BCUT2D eigenvalue weighted by atomic mass is 10.1. The molecule has 144 valence electrons. The zero-order chi connectivity index (χ0) is 19.8. The van der Waals surface area contributed by atoms with E-state index >= 15 is 0 Å². The molecule has 0 saturated carbocycles. The van der Waals surface area contributed by atoms with Gasteiger partial charge in [0.2, 0.25) is 10.0 Å². The van der Waals surface area contributed by atoms with Gasteiger partial charge in [-0.2, -0.15) is 4.31 Å². The van der Waals surface area contributed by atoms with Crippen molar-refractivity contribution >= 4 is 31.9 Å². The summed E-state index contributed by atoms with van der Waals surface area (Å²) in [6, 6.07) is 9.98. The van der Waals surface area contributed by atoms with E-state index in [9.17, 15) is 18.3 Å². The topological polar surface area (TPSA) is 77.9 Å². The molecule has 1 fully saturated rings. The average Bonchev–Trinajstić information content (AvgIpc) is 2.61. The number of piperazine rings is 1. The predicted molar refractivity (Wildman–Crippen MR) is 106 cm³/mol. The van der Waals surface area contributed by atoms with Crippen molar-refractivity contribution in [1.29, 1.82) is 0 Å². The third-order valence-electron chi connectivity index (χ3n) is 4.66. The molecule has 8 heteroatoms. The van der Waals surface area contributed by atoms with Crippen LogP contribution >= 0.6 is 15.9 Å². The molecule has 0 radical (unpaired) electrons. The highest BCUT2D eigenvalue weighted by molar-refractivity contribution is 9.10. The first-order chi connectivity index (χ1) is 12.7. The number of rotatable bonds is 3. The first-order valence-corrected chi connectivity index (χ1v) is 10.8. The van der Waals surface area contributed by atoms with Gasteiger partial charge in [-0.3, -0.25) is 4.79 Å². The Labute approximate surface area is 167 Å². The van der Waals surface area contributed by atoms with Gasteiger partial charge in [-0.25, -0.2) is 8.42 Å². The second-order valence-electron chi connectivity index (χ2n) is 6.63. The lowest BCUT2D eigenvalue weighted by Gasteiger charge is -2.34. The number of hydrogen-bond donors (Lipinski definition) is 1. The van der Waals surface area contributed by atoms with E-state index in [0.29, 0.717) is 14.9 Å². The van der Waals surface area contributed by atoms with Crippen molar-refractivity contribution in [1.82, 2.24) is 9.21 Å². The summed E-state index contributed by atoms with van der Waals surface area (Å²) in [5.41, 5.74) is 1.94. The Balaban J connectivity index is 1.74. The van der Waals surface area contributed by atoms with Gasteiger partial charge in [0.05, 0.1) is 10.5 Å². The molecular weight excluding hydrogens is 432 g/mol. The van der Waals surface area contributed by atoms with Crippen LogP contribution in [0.15, 0.2) is 45.8 Å². The van der Waals surface area contributed by atoms with Gasteiger partial charge >= 0.3 is 0 Å². The highest BCUT2D eigenvalue weighted by atomic mass is 79.9. The van der Waals surface area contributed by atoms with Crippen molar-refractivity contribution in [3.05, 3.63) is 57.6 Å². The molecule has 2 aromatic carbocycles. The third-order valence-corrected chi connectivity index (χ3v) is 7.22. The Morgan fingerprint density at radius 1 is 1.04 bits per heavy atom. The van der Waals surface area contributed by atoms with Crippen LogP contribution in [0.5, 0.6) is 5.75 Å². The van der Waals surface area contributed by atoms with E-state index in [0.717, 1.165) is 5.56 Å². The highest BCUT2D eigenvalue weighted by Gasteiger charge is 2.31. The maximum atomic E-state index is 12.9. The van der Waals surface area contributed by atoms with Crippen LogP contribution in [-0.4, -0.2) is 54.8 Å². The molecule has 0 unspecified atom stereocenters. The Morgan fingerprint density at radius 3 is 2.30 bits per heavy atom. The van der Waals surface area contributed by atoms with Crippen molar-refractivity contribution in [3.8, 4) is 5.75 Å². The molecule has 0 aromatic heterocycles. The van der Waals surface area contributed by atoms with Crippen molar-refractivity contribution in [2.24, 2.45) is 0 Å². The number of aryl methyl sites for hydroxylation is 2. The molecule has 2 aromatic rings. The van der Waals surface area contributed by atoms with Crippen LogP contribution in [0.4, 0.5) is 0 Å². The maximum absolute atomic E-state index is 12.9. The number of phenols is 1. The van der Waals surface area contributed by atoms with Crippen molar-refractivity contribution in [2.45, 2.75) is 18.7 Å². The van der Waals surface area contributed by atoms with E-state index in [4.69, 9.17) is 0 Å². The summed E-state index contributed by atoms with van der Waals surface area (Å²) in [6.45, 7) is 4.70. The second-order valence-corrected chi connectivity index (χ2v) is 9.45. The summed E-state index contributed by atoms with van der Waals surface area (Å²) in [6.07, 6.45) is 0. The number of nitrogens with zero attached hydrogens (tertiary/aromatic N) is 2. The molecule has 0 aliphatic carbocycles. The molecule has 0 bridgehead atoms. The summed E-state index contributed by atoms with van der Waals surface area (Å²) in [7, 11) is -3.60. The Kier molecular flexibility index (Phi) is 5.60. The smallest absolute Gasteiger partial charge is 0.257 e. The lowest BCUT2D eigenvalue weighted by Crippen LogP contribution is -2.50. The standard InChI is InChI=1S/C19H21BrN2O4S/c1-13-3-6-18(14(2)11-13)27(25,26)22-9-7-21(8-10-22)19(24)16-5-4-15(20)12-17(16)23/h3-6,11-12,23H,7-10H2,1-2H3. The van der Waals surface area contributed by atoms with Crippen molar-refractivity contribution in [3.63, 3.8) is 0 Å². The first kappa shape index (κ1) is 19.9. The zero-order valence-corrected chi connectivity index (χ0v) is 17.5. The summed E-state index contributed by atoms with van der Waals surface area (Å²) in [5, 5.41) is 9.99. The van der Waals surface area contributed by atoms with E-state index in [1.165, 1.54) is 10.4 Å². The van der Waals surface area contributed by atoms with E-state index in [-0.39, 0.29) is 43.4 Å². The Hall–Kier alpha value is -1.90. The number of aromatic hydroxyl groups is 1. The molecule has 1 heterocycles. The minimum atomic E-state index is -3.60. The molecular formula is C19H21BrN2O4S. The second kappa shape index (κ2) is 7.61. The monoisotopic (exact) mass is 452 g/mol. The van der Waals surface area contributed by atoms with E-state index < -0.39 is 10.0 Å². The lowest BCUT2D eigenvalue weighted by molar-refractivity contribution is 0.0695. The molecule has 1 amide bonds. The average molecular weight is 453 g/mol. The highest BCUT2D eigenvalue weighted by Crippen LogP contribution is 2.26. The first-order valence-electron chi connectivity index (χ1n) is 8.55. The number of carbonyl (C=O) groups excluding carboxylic acids is 1. The van der Waals surface area contributed by atoms with Gasteiger partial charge in [0, 0.05) is 30.7 Å². The van der Waals surface area contributed by atoms with Gasteiger partial charge in [0.15, 0.2) is 0 Å². The largest absolute Gasteiger partial charge is 0.507 e. The van der Waals surface area contributed by atoms with Crippen LogP contribution in [0.3, 0.4) is 0 Å². The number of hydrogen-bond acceptors (Lipinski definition) is 4. The molecule has 6 nitrogen and oxygen atoms in total. The number of sulfonamides is 1. The van der Waals surface area contributed by atoms with Crippen LogP contribution in [0.25, 0.3) is 0 Å². The molecule has 0 atom stereocenters. The van der Waals surface area contributed by atoms with Gasteiger partial charge in [0.25, 0.3) is 5.91 Å². The van der Waals surface area contributed by atoms with Gasteiger partial charge in [-0.05, 0) is 43.7 Å². The summed E-state index contributed by atoms with van der Waals surface area (Å²) in [4.78, 5) is 14.5. The number of halogens is 1. The van der Waals surface area contributed by atoms with Gasteiger partial charge < -0.3 is 10.0 Å². The molecule has 27 heavy (non-hydrogen) atoms. The summed E-state index contributed by atoms with van der Waals surface area (Å²) in [5.74, 6) is -0.400. The number of amides is 1. The normalized spacial score (nSPS) is 15.7. The predicted octanol–water partition coefficient (Wildman–Crippen LogP) is 2.92. The fourth-order valence-corrected chi connectivity index (χ4v) is 5.19. The molecule has 0 spiro atoms. The van der Waals surface area contributed by atoms with Crippen LogP contribution < -0.4 is 0 Å². The van der Waals surface area contributed by atoms with Crippen molar-refractivity contribution in [2.75, 3.05) is 26.2 Å². The fraction of sp³-hybridized carbons (Fsp3) is 0.316. The number of carbonyl (C=O) groups is 1. The van der Waals surface area contributed by atoms with Gasteiger partial charge in [-0.15, -0.1) is 0 Å². The van der Waals surface area contributed by atoms with Crippen LogP contribution in [-0.2, 0) is 10.0 Å². The van der Waals surface area contributed by atoms with Crippen LogP contribution in [0.1, 0.15) is 21.5 Å². The minimum Gasteiger partial charge on any atom is -0.507 e. The SMILES string of the molecule is Cc1ccc(S(=O)(=O)N2CCN(C(=O)c3ccc(Br)cc3O)CC2)c(C)c1.